The summed E-state index contributed by atoms with van der Waals surface area (Å²) in [5.74, 6) is -0.00644. The number of amides is 2. The molecule has 0 aliphatic carbocycles. The molecule has 0 aromatic heterocycles. The number of carbonyl (C=O) groups excluding carboxylic acids is 2. The van der Waals surface area contributed by atoms with Gasteiger partial charge in [0.2, 0.25) is 5.91 Å². The van der Waals surface area contributed by atoms with E-state index in [2.05, 4.69) is 5.32 Å². The van der Waals surface area contributed by atoms with Gasteiger partial charge in [0, 0.05) is 25.4 Å². The van der Waals surface area contributed by atoms with E-state index in [1.165, 1.54) is 5.56 Å². The summed E-state index contributed by atoms with van der Waals surface area (Å²) in [6.07, 6.45) is 4.09. The second kappa shape index (κ2) is 8.30. The molecule has 1 N–H and O–H groups in total. The lowest BCUT2D eigenvalue weighted by Gasteiger charge is -2.31. The number of benzene rings is 1. The molecule has 1 fully saturated rings. The van der Waals surface area contributed by atoms with Gasteiger partial charge >= 0.3 is 6.09 Å². The van der Waals surface area contributed by atoms with Gasteiger partial charge in [-0.15, -0.1) is 0 Å². The number of rotatable bonds is 3. The van der Waals surface area contributed by atoms with Crippen LogP contribution in [-0.2, 0) is 27.2 Å². The fourth-order valence-electron chi connectivity index (χ4n) is 3.50. The van der Waals surface area contributed by atoms with Crippen molar-refractivity contribution in [2.24, 2.45) is 0 Å². The average molecular weight is 374 g/mol. The highest BCUT2D eigenvalue weighted by molar-refractivity contribution is 5.91. The van der Waals surface area contributed by atoms with Crippen molar-refractivity contribution in [2.45, 2.75) is 71.1 Å². The van der Waals surface area contributed by atoms with Crippen molar-refractivity contribution in [3.8, 4) is 0 Å². The molecule has 2 aliphatic rings. The summed E-state index contributed by atoms with van der Waals surface area (Å²) in [4.78, 5) is 26.3. The van der Waals surface area contributed by atoms with Crippen molar-refractivity contribution in [2.75, 3.05) is 18.5 Å². The van der Waals surface area contributed by atoms with Crippen molar-refractivity contribution in [1.82, 2.24) is 4.90 Å². The molecular weight excluding hydrogens is 344 g/mol. The van der Waals surface area contributed by atoms with Crippen LogP contribution < -0.4 is 5.32 Å². The summed E-state index contributed by atoms with van der Waals surface area (Å²) in [6, 6.07) is 5.90. The molecule has 148 valence electrons. The predicted molar refractivity (Wildman–Crippen MR) is 104 cm³/mol. The molecule has 27 heavy (non-hydrogen) atoms. The summed E-state index contributed by atoms with van der Waals surface area (Å²) in [5.41, 5.74) is 2.58. The van der Waals surface area contributed by atoms with Gasteiger partial charge in [0.1, 0.15) is 5.60 Å². The minimum atomic E-state index is -0.493. The zero-order chi connectivity index (χ0) is 19.4. The van der Waals surface area contributed by atoms with Gasteiger partial charge in [-0.2, -0.15) is 0 Å². The van der Waals surface area contributed by atoms with Gasteiger partial charge in [-0.3, -0.25) is 4.79 Å². The third kappa shape index (κ3) is 5.70. The Bertz CT molecular complexity index is 690. The third-order valence-electron chi connectivity index (χ3n) is 4.84. The molecule has 1 atom stereocenters. The van der Waals surface area contributed by atoms with Gasteiger partial charge in [-0.25, -0.2) is 4.79 Å². The molecule has 2 amide bonds. The molecule has 6 nitrogen and oxygen atoms in total. The molecular formula is C21H30N2O4. The highest BCUT2D eigenvalue weighted by atomic mass is 16.6. The second-order valence-electron chi connectivity index (χ2n) is 8.38. The first-order valence-electron chi connectivity index (χ1n) is 9.81. The van der Waals surface area contributed by atoms with E-state index in [0.29, 0.717) is 19.5 Å². The summed E-state index contributed by atoms with van der Waals surface area (Å²) < 4.78 is 11.1. The Kier molecular flexibility index (Phi) is 6.05. The molecule has 6 heteroatoms. The van der Waals surface area contributed by atoms with Crippen molar-refractivity contribution >= 4 is 17.7 Å². The Morgan fingerprint density at radius 1 is 1.26 bits per heavy atom. The first-order chi connectivity index (χ1) is 12.8. The number of hydrogen-bond acceptors (Lipinski definition) is 4. The smallest absolute Gasteiger partial charge is 0.410 e. The number of nitrogens with zero attached hydrogens (tertiary/aromatic N) is 1. The third-order valence-corrected chi connectivity index (χ3v) is 4.84. The van der Waals surface area contributed by atoms with E-state index in [9.17, 15) is 9.59 Å². The van der Waals surface area contributed by atoms with Crippen molar-refractivity contribution in [3.63, 3.8) is 0 Å². The lowest BCUT2D eigenvalue weighted by molar-refractivity contribution is -0.119. The molecule has 0 bridgehead atoms. The Labute approximate surface area is 161 Å². The SMILES string of the molecule is CC(C)(C)OC(=O)N1CCc2cc(NC(=O)CC3CCCCO3)ccc2C1. The number of hydrogen-bond donors (Lipinski definition) is 1. The van der Waals surface area contributed by atoms with Gasteiger partial charge in [0.25, 0.3) is 0 Å². The maximum absolute atomic E-state index is 12.3. The van der Waals surface area contributed by atoms with E-state index in [-0.39, 0.29) is 18.1 Å². The fourth-order valence-corrected chi connectivity index (χ4v) is 3.50. The number of nitrogens with one attached hydrogen (secondary N) is 1. The highest BCUT2D eigenvalue weighted by Gasteiger charge is 2.26. The van der Waals surface area contributed by atoms with Crippen LogP contribution >= 0.6 is 0 Å². The van der Waals surface area contributed by atoms with E-state index >= 15 is 0 Å². The van der Waals surface area contributed by atoms with E-state index in [1.54, 1.807) is 4.90 Å². The molecule has 2 heterocycles. The summed E-state index contributed by atoms with van der Waals surface area (Å²) in [5, 5.41) is 2.98. The van der Waals surface area contributed by atoms with Crippen LogP contribution in [-0.4, -0.2) is 41.8 Å². The topological polar surface area (TPSA) is 67.9 Å². The first kappa shape index (κ1) is 19.7. The monoisotopic (exact) mass is 374 g/mol. The van der Waals surface area contributed by atoms with Crippen LogP contribution in [0.2, 0.25) is 0 Å². The summed E-state index contributed by atoms with van der Waals surface area (Å²) in [7, 11) is 0. The molecule has 1 unspecified atom stereocenters. The van der Waals surface area contributed by atoms with E-state index in [4.69, 9.17) is 9.47 Å². The number of anilines is 1. The highest BCUT2D eigenvalue weighted by Crippen LogP contribution is 2.24. The van der Waals surface area contributed by atoms with Crippen LogP contribution in [0.25, 0.3) is 0 Å². The molecule has 0 spiro atoms. The number of carbonyl (C=O) groups is 2. The van der Waals surface area contributed by atoms with Crippen molar-refractivity contribution in [1.29, 1.82) is 0 Å². The Balaban J connectivity index is 1.56. The molecule has 0 saturated carbocycles. The van der Waals surface area contributed by atoms with Crippen LogP contribution in [0, 0.1) is 0 Å². The number of ether oxygens (including phenoxy) is 2. The molecule has 1 aromatic rings. The van der Waals surface area contributed by atoms with Crippen LogP contribution in [0.15, 0.2) is 18.2 Å². The zero-order valence-electron chi connectivity index (χ0n) is 16.5. The lowest BCUT2D eigenvalue weighted by Crippen LogP contribution is -2.39. The van der Waals surface area contributed by atoms with E-state index in [0.717, 1.165) is 43.5 Å². The first-order valence-corrected chi connectivity index (χ1v) is 9.81. The summed E-state index contributed by atoms with van der Waals surface area (Å²) >= 11 is 0. The predicted octanol–water partition coefficient (Wildman–Crippen LogP) is 3.88. The van der Waals surface area contributed by atoms with Gasteiger partial charge in [-0.1, -0.05) is 6.07 Å². The Morgan fingerprint density at radius 2 is 2.07 bits per heavy atom. The Morgan fingerprint density at radius 3 is 2.78 bits per heavy atom. The molecule has 3 rings (SSSR count). The maximum Gasteiger partial charge on any atom is 0.410 e. The normalized spacial score (nSPS) is 20.0. The van der Waals surface area contributed by atoms with Gasteiger partial charge in [0.15, 0.2) is 0 Å². The molecule has 0 radical (unpaired) electrons. The van der Waals surface area contributed by atoms with Gasteiger partial charge in [-0.05, 0) is 69.7 Å². The zero-order valence-corrected chi connectivity index (χ0v) is 16.5. The minimum absolute atomic E-state index is 0.00644. The second-order valence-corrected chi connectivity index (χ2v) is 8.38. The standard InChI is InChI=1S/C21H30N2O4/c1-21(2,3)27-20(25)23-10-9-15-12-17(8-7-16(15)14-23)22-19(24)13-18-6-4-5-11-26-18/h7-8,12,18H,4-6,9-11,13-14H2,1-3H3,(H,22,24). The van der Waals surface area contributed by atoms with Crippen LogP contribution in [0.3, 0.4) is 0 Å². The van der Waals surface area contributed by atoms with E-state index in [1.807, 2.05) is 39.0 Å². The average Bonchev–Trinajstić information content (AvgIpc) is 2.60. The minimum Gasteiger partial charge on any atom is -0.444 e. The number of fused-ring (bicyclic) bond motifs is 1. The molecule has 1 aromatic carbocycles. The Hall–Kier alpha value is -2.08. The van der Waals surface area contributed by atoms with Gasteiger partial charge < -0.3 is 19.7 Å². The van der Waals surface area contributed by atoms with Crippen molar-refractivity contribution in [3.05, 3.63) is 29.3 Å². The van der Waals surface area contributed by atoms with Crippen LogP contribution in [0.5, 0.6) is 0 Å². The largest absolute Gasteiger partial charge is 0.444 e. The van der Waals surface area contributed by atoms with Crippen LogP contribution in [0.4, 0.5) is 10.5 Å². The summed E-state index contributed by atoms with van der Waals surface area (Å²) in [6.45, 7) is 7.52. The van der Waals surface area contributed by atoms with Crippen molar-refractivity contribution < 1.29 is 19.1 Å². The van der Waals surface area contributed by atoms with E-state index < -0.39 is 5.60 Å². The quantitative estimate of drug-likeness (QED) is 0.872. The molecule has 2 aliphatic heterocycles. The van der Waals surface area contributed by atoms with Crippen LogP contribution in [0.1, 0.15) is 57.6 Å². The fraction of sp³-hybridized carbons (Fsp3) is 0.619. The van der Waals surface area contributed by atoms with Gasteiger partial charge in [0.05, 0.1) is 12.5 Å². The lowest BCUT2D eigenvalue weighted by atomic mass is 9.99. The molecule has 1 saturated heterocycles. The maximum atomic E-state index is 12.3.